The number of aromatic nitrogens is 4. The topological polar surface area (TPSA) is 156 Å². The molecule has 0 bridgehead atoms. The molecule has 0 spiro atoms. The van der Waals surface area contributed by atoms with Crippen LogP contribution in [-0.4, -0.2) is 74.1 Å². The summed E-state index contributed by atoms with van der Waals surface area (Å²) in [6, 6.07) is 6.57. The number of ether oxygens (including phenoxy) is 3. The van der Waals surface area contributed by atoms with Gasteiger partial charge in [-0.2, -0.15) is 5.09 Å². The quantitative estimate of drug-likeness (QED) is 0.226. The van der Waals surface area contributed by atoms with Crippen LogP contribution in [0.2, 0.25) is 0 Å². The lowest BCUT2D eigenvalue weighted by Gasteiger charge is -2.28. The van der Waals surface area contributed by atoms with Gasteiger partial charge in [0.25, 0.3) is 5.85 Å². The van der Waals surface area contributed by atoms with E-state index in [1.165, 1.54) is 32.5 Å². The first kappa shape index (κ1) is 31.9. The average molecular weight is 614 g/mol. The minimum atomic E-state index is -4.56. The summed E-state index contributed by atoms with van der Waals surface area (Å²) < 4.78 is 73.8. The van der Waals surface area contributed by atoms with Crippen molar-refractivity contribution < 1.29 is 46.5 Å². The number of nitrogens with one attached hydrogen (secondary N) is 1. The third-order valence-corrected chi connectivity index (χ3v) is 7.95. The molecule has 230 valence electrons. The number of methoxy groups -OCH3 is 1. The smallest absolute Gasteiger partial charge is 0.459 e. The molecule has 1 fully saturated rings. The van der Waals surface area contributed by atoms with E-state index >= 15 is 8.78 Å². The zero-order chi connectivity index (χ0) is 30.9. The number of esters is 1. The molecule has 2 N–H and O–H groups in total. The maximum Gasteiger partial charge on any atom is 0.459 e. The Balaban J connectivity index is 1.61. The van der Waals surface area contributed by atoms with Crippen LogP contribution < -0.4 is 9.61 Å². The Labute approximate surface area is 241 Å². The number of carbonyl (C=O) groups excluding carboxylic acids is 1. The number of hydrogen-bond donors (Lipinski definition) is 2. The molecule has 3 heterocycles. The Bertz CT molecular complexity index is 1460. The van der Waals surface area contributed by atoms with E-state index < -0.39 is 56.3 Å². The first-order valence-electron chi connectivity index (χ1n) is 13.1. The zero-order valence-corrected chi connectivity index (χ0v) is 24.9. The Morgan fingerprint density at radius 3 is 2.57 bits per heavy atom. The van der Waals surface area contributed by atoms with Gasteiger partial charge in [-0.05, 0) is 46.8 Å². The van der Waals surface area contributed by atoms with Gasteiger partial charge in [-0.25, -0.2) is 28.3 Å². The molecule has 1 saturated heterocycles. The van der Waals surface area contributed by atoms with Crippen molar-refractivity contribution in [3.8, 4) is 5.75 Å². The number of nitrogens with zero attached hydrogens (tertiary/aromatic N) is 4. The van der Waals surface area contributed by atoms with E-state index in [-0.39, 0.29) is 23.5 Å². The number of fused-ring (bicyclic) bond motifs is 1. The number of para-hydroxylation sites is 1. The first-order chi connectivity index (χ1) is 19.7. The normalized spacial score (nSPS) is 26.3. The second kappa shape index (κ2) is 12.3. The number of aliphatic hydroxyl groups excluding tert-OH is 1. The minimum Gasteiger partial charge on any atom is -0.462 e. The minimum absolute atomic E-state index is 0.0681. The largest absolute Gasteiger partial charge is 0.462 e. The fourth-order valence-corrected chi connectivity index (χ4v) is 5.88. The van der Waals surface area contributed by atoms with Crippen LogP contribution in [-0.2, 0) is 34.7 Å². The highest BCUT2D eigenvalue weighted by Gasteiger charge is 2.65. The van der Waals surface area contributed by atoms with Crippen LogP contribution in [0.25, 0.3) is 11.2 Å². The highest BCUT2D eigenvalue weighted by molar-refractivity contribution is 7.52. The third-order valence-electron chi connectivity index (χ3n) is 6.33. The lowest BCUT2D eigenvalue weighted by Crippen LogP contribution is -2.47. The van der Waals surface area contributed by atoms with Crippen molar-refractivity contribution in [3.63, 3.8) is 0 Å². The van der Waals surface area contributed by atoms with Gasteiger partial charge in [-0.3, -0.25) is 13.9 Å². The molecule has 0 saturated carbocycles. The molecule has 4 rings (SSSR count). The molecule has 6 atom stereocenters. The van der Waals surface area contributed by atoms with Crippen molar-refractivity contribution in [2.75, 3.05) is 13.7 Å². The molecule has 1 aromatic carbocycles. The van der Waals surface area contributed by atoms with Crippen LogP contribution in [0, 0.1) is 6.92 Å². The van der Waals surface area contributed by atoms with Crippen molar-refractivity contribution in [1.82, 2.24) is 24.6 Å². The number of carbonyl (C=O) groups is 1. The van der Waals surface area contributed by atoms with Gasteiger partial charge >= 0.3 is 13.7 Å². The molecule has 13 nitrogen and oxygen atoms in total. The number of aryl methyl sites for hydroxylation is 1. The second-order valence-corrected chi connectivity index (χ2v) is 12.0. The van der Waals surface area contributed by atoms with Crippen molar-refractivity contribution in [3.05, 3.63) is 48.2 Å². The maximum absolute atomic E-state index is 16.2. The number of benzene rings is 1. The predicted molar refractivity (Wildman–Crippen MR) is 145 cm³/mol. The number of aliphatic hydroxyl groups is 1. The summed E-state index contributed by atoms with van der Waals surface area (Å²) >= 11 is 0. The van der Waals surface area contributed by atoms with Gasteiger partial charge in [0.2, 0.25) is 0 Å². The maximum atomic E-state index is 16.2. The Hall–Kier alpha value is -3.07. The van der Waals surface area contributed by atoms with Crippen LogP contribution in [0.15, 0.2) is 36.7 Å². The molecule has 0 amide bonds. The molecular formula is C26H34F2N5O8P. The molecule has 0 radical (unpaired) electrons. The van der Waals surface area contributed by atoms with E-state index in [1.54, 1.807) is 39.0 Å². The van der Waals surface area contributed by atoms with E-state index in [2.05, 4.69) is 20.0 Å². The standard InChI is InChI=1S/C26H34F2N5O8P/c1-15(2)39-22(34)16(3)32-42(36,41-18-10-8-7-9-11-18)38-13-26(28)23(35)25(5,27)24(40-26)33-14-29-20-19(12-37-6)30-17(4)31-21(20)33/h7-11,14-16,23-24,35H,12-13H2,1-6H3,(H,32,36)/t16?,23-,24+,25+,26+,42?/m0/s1. The van der Waals surface area contributed by atoms with E-state index in [0.29, 0.717) is 11.5 Å². The van der Waals surface area contributed by atoms with E-state index in [4.69, 9.17) is 23.3 Å². The van der Waals surface area contributed by atoms with Crippen LogP contribution in [0.5, 0.6) is 5.75 Å². The third kappa shape index (κ3) is 6.61. The summed E-state index contributed by atoms with van der Waals surface area (Å²) in [6.45, 7) is 6.01. The molecule has 16 heteroatoms. The van der Waals surface area contributed by atoms with Gasteiger partial charge in [0.1, 0.15) is 29.7 Å². The van der Waals surface area contributed by atoms with Crippen molar-refractivity contribution in [2.45, 2.75) is 77.2 Å². The van der Waals surface area contributed by atoms with Gasteiger partial charge in [-0.15, -0.1) is 0 Å². The second-order valence-electron chi connectivity index (χ2n) is 10.3. The van der Waals surface area contributed by atoms with Crippen LogP contribution in [0.1, 0.15) is 45.4 Å². The monoisotopic (exact) mass is 613 g/mol. The average Bonchev–Trinajstić information content (AvgIpc) is 3.40. The summed E-state index contributed by atoms with van der Waals surface area (Å²) in [7, 11) is -3.09. The first-order valence-corrected chi connectivity index (χ1v) is 14.6. The van der Waals surface area contributed by atoms with Crippen molar-refractivity contribution >= 4 is 24.9 Å². The highest BCUT2D eigenvalue weighted by atomic mass is 31.2. The van der Waals surface area contributed by atoms with Gasteiger partial charge in [0, 0.05) is 7.11 Å². The summed E-state index contributed by atoms with van der Waals surface area (Å²) in [5.41, 5.74) is -1.92. The zero-order valence-electron chi connectivity index (χ0n) is 24.0. The van der Waals surface area contributed by atoms with Gasteiger partial charge < -0.3 is 23.8 Å². The molecule has 42 heavy (non-hydrogen) atoms. The number of rotatable bonds is 12. The number of halogens is 2. The highest BCUT2D eigenvalue weighted by Crippen LogP contribution is 2.52. The number of alkyl halides is 2. The van der Waals surface area contributed by atoms with Gasteiger partial charge in [0.05, 0.1) is 24.7 Å². The number of hydrogen-bond acceptors (Lipinski definition) is 11. The summed E-state index contributed by atoms with van der Waals surface area (Å²) in [5.74, 6) is -3.61. The van der Waals surface area contributed by atoms with Gasteiger partial charge in [-0.1, -0.05) is 18.2 Å². The number of imidazole rings is 1. The van der Waals surface area contributed by atoms with Crippen molar-refractivity contribution in [1.29, 1.82) is 0 Å². The summed E-state index contributed by atoms with van der Waals surface area (Å²) in [4.78, 5) is 25.2. The molecule has 0 aliphatic carbocycles. The Morgan fingerprint density at radius 2 is 1.93 bits per heavy atom. The van der Waals surface area contributed by atoms with E-state index in [9.17, 15) is 14.5 Å². The molecule has 1 aliphatic heterocycles. The molecule has 2 aromatic heterocycles. The molecular weight excluding hydrogens is 579 g/mol. The molecule has 2 unspecified atom stereocenters. The lowest BCUT2D eigenvalue weighted by atomic mass is 9.97. The van der Waals surface area contributed by atoms with E-state index in [0.717, 1.165) is 11.5 Å². The molecule has 1 aliphatic rings. The summed E-state index contributed by atoms with van der Waals surface area (Å²) in [5, 5.41) is 13.2. The lowest BCUT2D eigenvalue weighted by molar-refractivity contribution is -0.202. The van der Waals surface area contributed by atoms with E-state index in [1.807, 2.05) is 0 Å². The fraction of sp³-hybridized carbons (Fsp3) is 0.538. The van der Waals surface area contributed by atoms with Crippen LogP contribution >= 0.6 is 7.75 Å². The Kier molecular flexibility index (Phi) is 9.31. The van der Waals surface area contributed by atoms with Crippen LogP contribution in [0.3, 0.4) is 0 Å². The SMILES string of the molecule is COCc1nc(C)nc2c1ncn2[C@@H]1O[C@](F)(COP(=O)(NC(C)C(=O)OC(C)C)Oc2ccccc2)[C@@H](O)[C@@]1(C)F. The summed E-state index contributed by atoms with van der Waals surface area (Å²) in [6.07, 6.45) is -3.46. The van der Waals surface area contributed by atoms with Crippen LogP contribution in [0.4, 0.5) is 8.78 Å². The predicted octanol–water partition coefficient (Wildman–Crippen LogP) is 3.70. The van der Waals surface area contributed by atoms with Gasteiger partial charge in [0.15, 0.2) is 23.6 Å². The Morgan fingerprint density at radius 1 is 1.24 bits per heavy atom. The molecule has 3 aromatic rings. The fourth-order valence-electron chi connectivity index (χ4n) is 4.38. The van der Waals surface area contributed by atoms with Crippen molar-refractivity contribution in [2.24, 2.45) is 0 Å².